The molecule has 2 rings (SSSR count). The highest BCUT2D eigenvalue weighted by Crippen LogP contribution is 2.37. The van der Waals surface area contributed by atoms with Crippen molar-refractivity contribution in [2.75, 3.05) is 6.61 Å². The van der Waals surface area contributed by atoms with Gasteiger partial charge in [0.05, 0.1) is 12.2 Å². The SMILES string of the molecule is O=P(O)(O)OC[C@H]1O[C@@H]([n+]2cccc(C(O)O)c2)[C@H](O)[C@@H]1O. The Bertz CT molecular complexity index is 562. The number of phosphoric acid groups is 1. The molecule has 22 heavy (non-hydrogen) atoms. The number of hydrogen-bond acceptors (Lipinski definition) is 7. The zero-order valence-corrected chi connectivity index (χ0v) is 12.1. The minimum atomic E-state index is -4.72. The van der Waals surface area contributed by atoms with Gasteiger partial charge in [0.2, 0.25) is 0 Å². The zero-order chi connectivity index (χ0) is 16.5. The minimum absolute atomic E-state index is 0.141. The third-order valence-electron chi connectivity index (χ3n) is 3.18. The lowest BCUT2D eigenvalue weighted by molar-refractivity contribution is -0.766. The predicted octanol–water partition coefficient (Wildman–Crippen LogP) is -2.31. The maximum atomic E-state index is 10.7. The molecule has 10 nitrogen and oxygen atoms in total. The van der Waals surface area contributed by atoms with Crippen molar-refractivity contribution in [3.8, 4) is 0 Å². The normalized spacial score (nSPS) is 29.2. The van der Waals surface area contributed by atoms with Crippen molar-refractivity contribution in [1.82, 2.24) is 0 Å². The molecular formula is C11H17NO9P+. The van der Waals surface area contributed by atoms with Crippen LogP contribution in [-0.2, 0) is 13.8 Å². The summed E-state index contributed by atoms with van der Waals surface area (Å²) in [7, 11) is -4.72. The van der Waals surface area contributed by atoms with Crippen molar-refractivity contribution in [1.29, 1.82) is 0 Å². The monoisotopic (exact) mass is 338 g/mol. The van der Waals surface area contributed by atoms with Gasteiger partial charge in [0.25, 0.3) is 6.23 Å². The third kappa shape index (κ3) is 4.07. The smallest absolute Gasteiger partial charge is 0.387 e. The molecule has 1 saturated heterocycles. The number of aliphatic hydroxyl groups is 4. The maximum absolute atomic E-state index is 10.7. The Kier molecular flexibility index (Phi) is 5.28. The molecule has 11 heteroatoms. The molecule has 0 saturated carbocycles. The number of aliphatic hydroxyl groups excluding tert-OH is 3. The van der Waals surface area contributed by atoms with Crippen LogP contribution in [0.1, 0.15) is 18.1 Å². The summed E-state index contributed by atoms with van der Waals surface area (Å²) in [6, 6.07) is 2.92. The van der Waals surface area contributed by atoms with E-state index in [2.05, 4.69) is 4.52 Å². The summed E-state index contributed by atoms with van der Waals surface area (Å²) >= 11 is 0. The van der Waals surface area contributed by atoms with Crippen LogP contribution in [0.3, 0.4) is 0 Å². The molecule has 0 aliphatic carbocycles. The first-order chi connectivity index (χ1) is 10.2. The molecule has 0 amide bonds. The zero-order valence-electron chi connectivity index (χ0n) is 11.2. The van der Waals surface area contributed by atoms with Crippen LogP contribution < -0.4 is 4.57 Å². The van der Waals surface area contributed by atoms with E-state index in [1.54, 1.807) is 0 Å². The van der Waals surface area contributed by atoms with Crippen molar-refractivity contribution < 1.29 is 48.6 Å². The van der Waals surface area contributed by atoms with Gasteiger partial charge in [-0.2, -0.15) is 4.57 Å². The highest BCUT2D eigenvalue weighted by Gasteiger charge is 2.48. The van der Waals surface area contributed by atoms with E-state index in [9.17, 15) is 14.8 Å². The van der Waals surface area contributed by atoms with Gasteiger partial charge in [0, 0.05) is 6.07 Å². The first kappa shape index (κ1) is 17.4. The van der Waals surface area contributed by atoms with E-state index in [0.717, 1.165) is 0 Å². The molecule has 1 aliphatic rings. The number of pyridine rings is 1. The standard InChI is InChI=1S/C11H16NO9P/c13-8-7(5-20-22(17,18)19)21-10(9(8)14)12-3-1-2-6(4-12)11(15)16/h1-4,7-11,13-16H,5H2,(H-,17,18,19)/p+1/t7-,8-,9-,10-/m1/s1. The van der Waals surface area contributed by atoms with Crippen LogP contribution in [0.25, 0.3) is 0 Å². The Labute approximate surface area is 125 Å². The second-order valence-corrected chi connectivity index (χ2v) is 6.03. The molecule has 2 heterocycles. The van der Waals surface area contributed by atoms with E-state index in [0.29, 0.717) is 0 Å². The minimum Gasteiger partial charge on any atom is -0.387 e. The molecule has 0 aromatic carbocycles. The van der Waals surface area contributed by atoms with E-state index in [-0.39, 0.29) is 5.56 Å². The van der Waals surface area contributed by atoms with Crippen LogP contribution >= 0.6 is 7.82 Å². The fourth-order valence-corrected chi connectivity index (χ4v) is 2.45. The predicted molar refractivity (Wildman–Crippen MR) is 67.7 cm³/mol. The van der Waals surface area contributed by atoms with Gasteiger partial charge in [-0.25, -0.2) is 4.57 Å². The van der Waals surface area contributed by atoms with Crippen molar-refractivity contribution in [2.24, 2.45) is 0 Å². The summed E-state index contributed by atoms with van der Waals surface area (Å²) in [5, 5.41) is 38.0. The highest BCUT2D eigenvalue weighted by atomic mass is 31.2. The van der Waals surface area contributed by atoms with E-state index < -0.39 is 45.3 Å². The van der Waals surface area contributed by atoms with Gasteiger partial charge in [-0.1, -0.05) is 0 Å². The van der Waals surface area contributed by atoms with Crippen LogP contribution in [-0.4, -0.2) is 55.1 Å². The molecular weight excluding hydrogens is 321 g/mol. The molecule has 124 valence electrons. The topological polar surface area (TPSA) is 161 Å². The number of aromatic nitrogens is 1. The van der Waals surface area contributed by atoms with Crippen LogP contribution in [0.5, 0.6) is 0 Å². The van der Waals surface area contributed by atoms with Gasteiger partial charge < -0.3 is 34.9 Å². The molecule has 0 bridgehead atoms. The quantitative estimate of drug-likeness (QED) is 0.197. The Hall–Kier alpha value is -0.940. The second-order valence-electron chi connectivity index (χ2n) is 4.79. The van der Waals surface area contributed by atoms with Crippen molar-refractivity contribution in [2.45, 2.75) is 30.8 Å². The lowest BCUT2D eigenvalue weighted by Crippen LogP contribution is -2.46. The first-order valence-corrected chi connectivity index (χ1v) is 7.80. The highest BCUT2D eigenvalue weighted by molar-refractivity contribution is 7.46. The Morgan fingerprint density at radius 2 is 2.00 bits per heavy atom. The van der Waals surface area contributed by atoms with E-state index >= 15 is 0 Å². The van der Waals surface area contributed by atoms with Crippen LogP contribution in [0.4, 0.5) is 0 Å². The lowest BCUT2D eigenvalue weighted by Gasteiger charge is -2.13. The molecule has 1 fully saturated rings. The summed E-state index contributed by atoms with van der Waals surface area (Å²) in [6.07, 6.45) is -3.98. The molecule has 0 radical (unpaired) electrons. The van der Waals surface area contributed by atoms with E-state index in [4.69, 9.17) is 24.7 Å². The summed E-state index contributed by atoms with van der Waals surface area (Å²) in [5.41, 5.74) is 0.141. The average molecular weight is 338 g/mol. The van der Waals surface area contributed by atoms with Gasteiger partial charge in [-0.3, -0.25) is 4.52 Å². The fraction of sp³-hybridized carbons (Fsp3) is 0.545. The lowest BCUT2D eigenvalue weighted by atomic mass is 10.1. The molecule has 0 unspecified atom stereocenters. The van der Waals surface area contributed by atoms with Crippen LogP contribution in [0.2, 0.25) is 0 Å². The number of rotatable bonds is 5. The Balaban J connectivity index is 2.12. The molecule has 6 N–H and O–H groups in total. The molecule has 1 aromatic rings. The van der Waals surface area contributed by atoms with Crippen molar-refractivity contribution in [3.05, 3.63) is 30.1 Å². The fourth-order valence-electron chi connectivity index (χ4n) is 2.11. The number of hydrogen-bond donors (Lipinski definition) is 6. The Morgan fingerprint density at radius 1 is 1.32 bits per heavy atom. The summed E-state index contributed by atoms with van der Waals surface area (Å²) in [5.74, 6) is 0. The van der Waals surface area contributed by atoms with Gasteiger partial charge in [0.1, 0.15) is 12.2 Å². The summed E-state index contributed by atoms with van der Waals surface area (Å²) in [4.78, 5) is 17.3. The van der Waals surface area contributed by atoms with Gasteiger partial charge in [-0.05, 0) is 6.07 Å². The molecule has 1 aromatic heterocycles. The molecule has 4 atom stereocenters. The summed E-state index contributed by atoms with van der Waals surface area (Å²) < 4.78 is 21.6. The van der Waals surface area contributed by atoms with Crippen molar-refractivity contribution >= 4 is 7.82 Å². The molecule has 1 aliphatic heterocycles. The number of phosphoric ester groups is 1. The molecule has 0 spiro atoms. The van der Waals surface area contributed by atoms with E-state index in [1.807, 2.05) is 0 Å². The number of nitrogens with zero attached hydrogens (tertiary/aromatic N) is 1. The van der Waals surface area contributed by atoms with Gasteiger partial charge in [0.15, 0.2) is 24.8 Å². The van der Waals surface area contributed by atoms with Crippen LogP contribution in [0.15, 0.2) is 24.5 Å². The Morgan fingerprint density at radius 3 is 2.59 bits per heavy atom. The largest absolute Gasteiger partial charge is 0.469 e. The summed E-state index contributed by atoms with van der Waals surface area (Å²) in [6.45, 7) is -0.609. The number of ether oxygens (including phenoxy) is 1. The maximum Gasteiger partial charge on any atom is 0.469 e. The second kappa shape index (κ2) is 6.67. The first-order valence-electron chi connectivity index (χ1n) is 6.27. The third-order valence-corrected chi connectivity index (χ3v) is 3.67. The average Bonchev–Trinajstić information content (AvgIpc) is 2.72. The van der Waals surface area contributed by atoms with Gasteiger partial charge in [-0.15, -0.1) is 0 Å². The van der Waals surface area contributed by atoms with Crippen LogP contribution in [0, 0.1) is 0 Å². The van der Waals surface area contributed by atoms with E-state index in [1.165, 1.54) is 29.1 Å². The van der Waals surface area contributed by atoms with Crippen molar-refractivity contribution in [3.63, 3.8) is 0 Å². The van der Waals surface area contributed by atoms with Gasteiger partial charge >= 0.3 is 7.82 Å².